The average molecular weight is 941 g/mol. The van der Waals surface area contributed by atoms with Gasteiger partial charge in [-0.25, -0.2) is 27.9 Å². The summed E-state index contributed by atoms with van der Waals surface area (Å²) in [6.45, 7) is 3.19. The fourth-order valence-electron chi connectivity index (χ4n) is 10.8. The van der Waals surface area contributed by atoms with Gasteiger partial charge < -0.3 is 24.6 Å². The number of carbonyl (C=O) groups is 4. The second-order valence-corrected chi connectivity index (χ2v) is 18.6. The van der Waals surface area contributed by atoms with Crippen LogP contribution in [0.25, 0.3) is 22.0 Å². The molecule has 3 saturated heterocycles. The van der Waals surface area contributed by atoms with Crippen molar-refractivity contribution in [2.75, 3.05) is 74.0 Å². The van der Waals surface area contributed by atoms with Crippen LogP contribution in [-0.2, 0) is 36.1 Å². The maximum absolute atomic E-state index is 16.0. The van der Waals surface area contributed by atoms with Gasteiger partial charge in [0.2, 0.25) is 11.8 Å². The summed E-state index contributed by atoms with van der Waals surface area (Å²) in [7, 11) is 1.69. The zero-order valence-corrected chi connectivity index (χ0v) is 38.1. The molecule has 5 aliphatic rings. The number of anilines is 3. The first-order valence-corrected chi connectivity index (χ1v) is 23.5. The summed E-state index contributed by atoms with van der Waals surface area (Å²) in [6, 6.07) is 20.7. The summed E-state index contributed by atoms with van der Waals surface area (Å²) in [5, 5.41) is 10.8. The molecule has 0 radical (unpaired) electrons. The van der Waals surface area contributed by atoms with Crippen molar-refractivity contribution < 1.29 is 32.3 Å². The number of imidazole rings is 1. The molecule has 3 aromatic carbocycles. The van der Waals surface area contributed by atoms with Crippen LogP contribution in [0.1, 0.15) is 64.1 Å². The SMILES string of the molecule is Cn1nc(N2CCC(=O)NC2=O)c2ccc(C3CCN(CC(=O)N4CCN(c5ccc(-c6cc(F)c7c(c6)C(=O)N(C(CNc6ccccn6)c6ncn8c6CCC8)C7)cc5)CC4)CC3(F)F)cc21. The van der Waals surface area contributed by atoms with E-state index in [0.717, 1.165) is 42.0 Å². The molecular weight excluding hydrogens is 890 g/mol. The number of piperidine rings is 1. The van der Waals surface area contributed by atoms with Crippen LogP contribution in [0.5, 0.6) is 0 Å². The van der Waals surface area contributed by atoms with Crippen molar-refractivity contribution in [3.05, 3.63) is 119 Å². The van der Waals surface area contributed by atoms with Crippen LogP contribution in [0.15, 0.2) is 85.3 Å². The Hall–Kier alpha value is -7.28. The quantitative estimate of drug-likeness (QED) is 0.159. The maximum atomic E-state index is 16.0. The number of aryl methyl sites for hydroxylation is 2. The van der Waals surface area contributed by atoms with Gasteiger partial charge in [-0.1, -0.05) is 24.3 Å². The van der Waals surface area contributed by atoms with Gasteiger partial charge in [0.25, 0.3) is 11.8 Å². The third kappa shape index (κ3) is 8.31. The minimum absolute atomic E-state index is 0.104. The number of nitrogens with zero attached hydrogens (tertiary/aromatic N) is 10. The number of likely N-dealkylation sites (tertiary alicyclic amines) is 1. The van der Waals surface area contributed by atoms with Gasteiger partial charge in [-0.15, -0.1) is 0 Å². The fraction of sp³-hybridized carbons (Fsp3) is 0.380. The highest BCUT2D eigenvalue weighted by atomic mass is 19.3. The van der Waals surface area contributed by atoms with Crippen LogP contribution in [0.3, 0.4) is 0 Å². The van der Waals surface area contributed by atoms with Crippen LogP contribution < -0.4 is 20.4 Å². The molecule has 0 saturated carbocycles. The van der Waals surface area contributed by atoms with Crippen LogP contribution in [0.4, 0.5) is 35.3 Å². The molecule has 0 aliphatic carbocycles. The molecule has 69 heavy (non-hydrogen) atoms. The van der Waals surface area contributed by atoms with Gasteiger partial charge in [0, 0.05) is 93.4 Å². The normalized spacial score (nSPS) is 19.8. The Morgan fingerprint density at radius 1 is 0.913 bits per heavy atom. The lowest BCUT2D eigenvalue weighted by Crippen LogP contribution is -2.54. The van der Waals surface area contributed by atoms with E-state index < -0.39 is 36.3 Å². The van der Waals surface area contributed by atoms with Crippen LogP contribution in [-0.4, -0.2) is 128 Å². The lowest BCUT2D eigenvalue weighted by Gasteiger charge is -2.40. The molecule has 5 amide bonds. The van der Waals surface area contributed by atoms with Crippen molar-refractivity contribution in [2.45, 2.75) is 56.7 Å². The number of hydrogen-bond donors (Lipinski definition) is 2. The molecule has 0 spiro atoms. The molecule has 5 aliphatic heterocycles. The van der Waals surface area contributed by atoms with Crippen molar-refractivity contribution in [3.8, 4) is 11.1 Å². The van der Waals surface area contributed by atoms with E-state index in [4.69, 9.17) is 4.98 Å². The summed E-state index contributed by atoms with van der Waals surface area (Å²) in [4.78, 5) is 69.6. The molecule has 8 heterocycles. The summed E-state index contributed by atoms with van der Waals surface area (Å²) < 4.78 is 51.5. The molecule has 2 atom stereocenters. The van der Waals surface area contributed by atoms with Gasteiger partial charge in [-0.2, -0.15) is 5.10 Å². The Balaban J connectivity index is 0.700. The zero-order valence-electron chi connectivity index (χ0n) is 38.1. The number of rotatable bonds is 11. The number of amides is 5. The van der Waals surface area contributed by atoms with E-state index in [2.05, 4.69) is 30.2 Å². The molecule has 0 bridgehead atoms. The highest BCUT2D eigenvalue weighted by Crippen LogP contribution is 2.42. The third-order valence-electron chi connectivity index (χ3n) is 14.4. The van der Waals surface area contributed by atoms with E-state index in [9.17, 15) is 19.2 Å². The number of urea groups is 1. The van der Waals surface area contributed by atoms with Crippen molar-refractivity contribution >= 4 is 52.0 Å². The highest BCUT2D eigenvalue weighted by Gasteiger charge is 2.46. The summed E-state index contributed by atoms with van der Waals surface area (Å²) in [6.07, 6.45) is 5.70. The lowest BCUT2D eigenvalue weighted by atomic mass is 9.85. The lowest BCUT2D eigenvalue weighted by molar-refractivity contribution is -0.136. The number of piperazine rings is 1. The van der Waals surface area contributed by atoms with Crippen molar-refractivity contribution in [1.82, 2.24) is 44.3 Å². The van der Waals surface area contributed by atoms with E-state index in [1.165, 1.54) is 15.9 Å². The smallest absolute Gasteiger partial charge is 0.329 e. The Morgan fingerprint density at radius 3 is 2.51 bits per heavy atom. The van der Waals surface area contributed by atoms with E-state index in [1.807, 2.05) is 48.8 Å². The number of carbonyl (C=O) groups excluding carboxylic acids is 4. The molecule has 16 nitrogen and oxygen atoms in total. The predicted molar refractivity (Wildman–Crippen MR) is 251 cm³/mol. The Morgan fingerprint density at radius 2 is 1.74 bits per heavy atom. The Kier molecular flexibility index (Phi) is 11.3. The van der Waals surface area contributed by atoms with E-state index in [-0.39, 0.29) is 50.2 Å². The number of pyridine rings is 1. The van der Waals surface area contributed by atoms with Crippen LogP contribution in [0.2, 0.25) is 0 Å². The van der Waals surface area contributed by atoms with Gasteiger partial charge in [0.05, 0.1) is 49.1 Å². The number of halogens is 3. The van der Waals surface area contributed by atoms with Crippen molar-refractivity contribution in [3.63, 3.8) is 0 Å². The predicted octanol–water partition coefficient (Wildman–Crippen LogP) is 5.95. The highest BCUT2D eigenvalue weighted by molar-refractivity contribution is 6.09. The van der Waals surface area contributed by atoms with E-state index in [0.29, 0.717) is 84.1 Å². The molecule has 356 valence electrons. The topological polar surface area (TPSA) is 157 Å². The first-order chi connectivity index (χ1) is 33.4. The van der Waals surface area contributed by atoms with Crippen LogP contribution >= 0.6 is 0 Å². The minimum atomic E-state index is -3.10. The summed E-state index contributed by atoms with van der Waals surface area (Å²) in [5.74, 6) is -4.36. The van der Waals surface area contributed by atoms with Gasteiger partial charge in [0.1, 0.15) is 11.6 Å². The van der Waals surface area contributed by atoms with Gasteiger partial charge in [-0.3, -0.25) is 34.2 Å². The number of fused-ring (bicyclic) bond motifs is 3. The second-order valence-electron chi connectivity index (χ2n) is 18.6. The maximum Gasteiger partial charge on any atom is 0.329 e. The molecule has 2 unspecified atom stereocenters. The number of imide groups is 1. The van der Waals surface area contributed by atoms with E-state index >= 15 is 13.2 Å². The number of alkyl halides is 2. The first kappa shape index (κ1) is 44.2. The summed E-state index contributed by atoms with van der Waals surface area (Å²) >= 11 is 0. The molecule has 3 fully saturated rings. The number of hydrogen-bond acceptors (Lipinski definition) is 10. The molecule has 11 rings (SSSR count). The number of aromatic nitrogens is 5. The number of nitrogens with one attached hydrogen (secondary N) is 2. The molecule has 6 aromatic rings. The van der Waals surface area contributed by atoms with Crippen LogP contribution in [0, 0.1) is 5.82 Å². The number of benzene rings is 3. The fourth-order valence-corrected chi connectivity index (χ4v) is 10.8. The monoisotopic (exact) mass is 940 g/mol. The average Bonchev–Trinajstić information content (AvgIpc) is 4.13. The Labute approximate surface area is 395 Å². The standard InChI is InChI=1S/C50H51F3N12O4/c1-59-41-25-32(9-12-35(41)47(58-59)64-18-14-44(66)57-49(64)69)38-13-17-60(29-50(38,52)53)28-45(67)62-21-19-61(20-22-62)34-10-7-31(8-11-34)33-23-36-37(39(51)24-33)27-65(48(36)68)42(26-55-43-6-2-3-15-54-43)46-40-5-4-16-63(40)30-56-46/h2-3,6-12,15,23-25,30,38,42H,4-5,13-14,16-22,26-29H2,1H3,(H,54,55)(H,57,66,69). The first-order valence-electron chi connectivity index (χ1n) is 23.5. The van der Waals surface area contributed by atoms with Gasteiger partial charge in [-0.05, 0) is 91.0 Å². The van der Waals surface area contributed by atoms with Gasteiger partial charge in [0.15, 0.2) is 5.82 Å². The summed E-state index contributed by atoms with van der Waals surface area (Å²) in [5.41, 5.74) is 5.97. The third-order valence-corrected chi connectivity index (χ3v) is 14.4. The molecule has 3 aromatic heterocycles. The van der Waals surface area contributed by atoms with Crippen molar-refractivity contribution in [2.24, 2.45) is 7.05 Å². The van der Waals surface area contributed by atoms with Gasteiger partial charge >= 0.3 is 6.03 Å². The Bertz CT molecular complexity index is 2990. The zero-order chi connectivity index (χ0) is 47.6. The second kappa shape index (κ2) is 17.7. The largest absolute Gasteiger partial charge is 0.368 e. The minimum Gasteiger partial charge on any atom is -0.368 e. The van der Waals surface area contributed by atoms with Crippen molar-refractivity contribution in [1.29, 1.82) is 0 Å². The molecule has 2 N–H and O–H groups in total. The molecule has 19 heteroatoms. The van der Waals surface area contributed by atoms with E-state index in [1.54, 1.807) is 52.0 Å². The molecular formula is C50H51F3N12O4.